The molecular weight excluding hydrogens is 346 g/mol. The molecule has 0 radical (unpaired) electrons. The number of nitrogen functional groups attached to an aromatic ring is 2. The lowest BCUT2D eigenvalue weighted by Crippen LogP contribution is -2.08. The van der Waals surface area contributed by atoms with E-state index in [9.17, 15) is 0 Å². The zero-order valence-corrected chi connectivity index (χ0v) is 15.0. The quantitative estimate of drug-likeness (QED) is 0.460. The number of nitrogens with two attached hydrogens (primary N) is 2. The van der Waals surface area contributed by atoms with Gasteiger partial charge in [-0.2, -0.15) is 0 Å². The van der Waals surface area contributed by atoms with Crippen LogP contribution in [0.15, 0.2) is 48.7 Å². The number of nitrogens with zero attached hydrogens (tertiary/aromatic N) is 3. The zero-order chi connectivity index (χ0) is 19.1. The number of benzene rings is 1. The van der Waals surface area contributed by atoms with Crippen LogP contribution in [0.1, 0.15) is 0 Å². The van der Waals surface area contributed by atoms with Gasteiger partial charge in [0.2, 0.25) is 5.95 Å². The van der Waals surface area contributed by atoms with Gasteiger partial charge in [-0.25, -0.2) is 15.0 Å². The van der Waals surface area contributed by atoms with Crippen LogP contribution >= 0.6 is 0 Å². The van der Waals surface area contributed by atoms with Crippen LogP contribution in [-0.2, 0) is 9.47 Å². The molecule has 0 amide bonds. The van der Waals surface area contributed by atoms with Crippen molar-refractivity contribution in [2.24, 2.45) is 0 Å². The van der Waals surface area contributed by atoms with E-state index in [-0.39, 0.29) is 12.7 Å². The topological polar surface area (TPSA) is 118 Å². The molecule has 4 N–H and O–H groups in total. The van der Waals surface area contributed by atoms with Gasteiger partial charge in [0, 0.05) is 24.4 Å². The van der Waals surface area contributed by atoms with E-state index in [1.807, 2.05) is 30.3 Å². The molecule has 0 aliphatic rings. The minimum Gasteiger partial charge on any atom is -0.467 e. The van der Waals surface area contributed by atoms with Gasteiger partial charge in [-0.3, -0.25) is 0 Å². The van der Waals surface area contributed by atoms with E-state index in [2.05, 4.69) is 15.0 Å². The summed E-state index contributed by atoms with van der Waals surface area (Å²) >= 11 is 0. The third-order valence-electron chi connectivity index (χ3n) is 3.73. The van der Waals surface area contributed by atoms with Gasteiger partial charge in [0.25, 0.3) is 0 Å². The van der Waals surface area contributed by atoms with E-state index < -0.39 is 0 Å². The van der Waals surface area contributed by atoms with E-state index >= 15 is 0 Å². The minimum absolute atomic E-state index is 0.0957. The highest BCUT2D eigenvalue weighted by molar-refractivity contribution is 5.75. The highest BCUT2D eigenvalue weighted by atomic mass is 16.7. The van der Waals surface area contributed by atoms with E-state index in [1.165, 1.54) is 0 Å². The van der Waals surface area contributed by atoms with Gasteiger partial charge >= 0.3 is 0 Å². The van der Waals surface area contributed by atoms with E-state index in [0.717, 1.165) is 11.1 Å². The Kier molecular flexibility index (Phi) is 6.14. The molecule has 27 heavy (non-hydrogen) atoms. The lowest BCUT2D eigenvalue weighted by molar-refractivity contribution is -0.00822. The second-order valence-corrected chi connectivity index (χ2v) is 5.62. The molecule has 0 atom stereocenters. The number of anilines is 2. The fourth-order valence-corrected chi connectivity index (χ4v) is 2.46. The highest BCUT2D eigenvalue weighted by Crippen LogP contribution is 2.33. The Balaban J connectivity index is 1.93. The molecule has 2 heterocycles. The van der Waals surface area contributed by atoms with Crippen molar-refractivity contribution in [2.75, 3.05) is 38.6 Å². The molecule has 140 valence electrons. The van der Waals surface area contributed by atoms with Crippen LogP contribution in [0, 0.1) is 0 Å². The maximum Gasteiger partial charge on any atom is 0.220 e. The van der Waals surface area contributed by atoms with Crippen molar-refractivity contribution >= 4 is 11.8 Å². The van der Waals surface area contributed by atoms with Crippen molar-refractivity contribution in [3.05, 3.63) is 48.7 Å². The lowest BCUT2D eigenvalue weighted by atomic mass is 10.0. The van der Waals surface area contributed by atoms with Gasteiger partial charge in [0.1, 0.15) is 11.6 Å². The Bertz CT molecular complexity index is 904. The average molecular weight is 367 g/mol. The van der Waals surface area contributed by atoms with Gasteiger partial charge in [-0.05, 0) is 36.4 Å². The molecule has 0 bridgehead atoms. The second kappa shape index (κ2) is 8.93. The van der Waals surface area contributed by atoms with Gasteiger partial charge in [-0.1, -0.05) is 6.07 Å². The van der Waals surface area contributed by atoms with Crippen LogP contribution in [0.5, 0.6) is 5.75 Å². The van der Waals surface area contributed by atoms with Crippen molar-refractivity contribution < 1.29 is 14.2 Å². The number of hydrogen-bond acceptors (Lipinski definition) is 8. The second-order valence-electron chi connectivity index (χ2n) is 5.62. The van der Waals surface area contributed by atoms with E-state index in [0.29, 0.717) is 36.2 Å². The fraction of sp³-hybridized carbons (Fsp3) is 0.211. The number of pyridine rings is 1. The molecule has 0 saturated heterocycles. The van der Waals surface area contributed by atoms with Gasteiger partial charge in [0.05, 0.1) is 24.6 Å². The smallest absolute Gasteiger partial charge is 0.220 e. The van der Waals surface area contributed by atoms with Crippen molar-refractivity contribution in [3.8, 4) is 28.3 Å². The van der Waals surface area contributed by atoms with Crippen LogP contribution in [0.25, 0.3) is 22.5 Å². The molecule has 0 spiro atoms. The summed E-state index contributed by atoms with van der Waals surface area (Å²) in [5, 5.41) is 0. The SMILES string of the molecule is COCCOCOc1ccc(-c2ccnc(N)n2)cc1-c1cccc(N)n1. The van der Waals surface area contributed by atoms with Crippen molar-refractivity contribution in [1.29, 1.82) is 0 Å². The molecule has 3 aromatic rings. The number of aromatic nitrogens is 3. The van der Waals surface area contributed by atoms with E-state index in [1.54, 1.807) is 25.4 Å². The van der Waals surface area contributed by atoms with Crippen LogP contribution in [0.4, 0.5) is 11.8 Å². The molecule has 8 heteroatoms. The molecule has 0 aliphatic heterocycles. The molecule has 1 aromatic carbocycles. The van der Waals surface area contributed by atoms with Gasteiger partial charge < -0.3 is 25.7 Å². The number of hydrogen-bond donors (Lipinski definition) is 2. The molecule has 8 nitrogen and oxygen atoms in total. The molecule has 0 unspecified atom stereocenters. The Morgan fingerprint density at radius 3 is 2.63 bits per heavy atom. The molecule has 2 aromatic heterocycles. The van der Waals surface area contributed by atoms with Crippen LogP contribution in [0.2, 0.25) is 0 Å². The Hall–Kier alpha value is -3.23. The summed E-state index contributed by atoms with van der Waals surface area (Å²) in [5.74, 6) is 1.26. The maximum atomic E-state index is 5.84. The summed E-state index contributed by atoms with van der Waals surface area (Å²) in [6.07, 6.45) is 1.62. The fourth-order valence-electron chi connectivity index (χ4n) is 2.46. The largest absolute Gasteiger partial charge is 0.467 e. The maximum absolute atomic E-state index is 5.84. The summed E-state index contributed by atoms with van der Waals surface area (Å²) in [7, 11) is 1.62. The van der Waals surface area contributed by atoms with Crippen molar-refractivity contribution in [3.63, 3.8) is 0 Å². The first-order valence-electron chi connectivity index (χ1n) is 8.32. The standard InChI is InChI=1S/C19H21N5O3/c1-25-9-10-26-12-27-17-6-5-13(15-7-8-22-19(21)24-15)11-14(17)16-3-2-4-18(20)23-16/h2-8,11H,9-10,12H2,1H3,(H2,20,23)(H2,21,22,24). The summed E-state index contributed by atoms with van der Waals surface area (Å²) in [6, 6.07) is 12.9. The third-order valence-corrected chi connectivity index (χ3v) is 3.73. The van der Waals surface area contributed by atoms with Crippen LogP contribution in [0.3, 0.4) is 0 Å². The first kappa shape index (κ1) is 18.6. The Labute approximate surface area is 157 Å². The number of rotatable bonds is 8. The summed E-state index contributed by atoms with van der Waals surface area (Å²) < 4.78 is 16.1. The molecule has 0 saturated carbocycles. The zero-order valence-electron chi connectivity index (χ0n) is 15.0. The first-order valence-corrected chi connectivity index (χ1v) is 8.32. The molecule has 3 rings (SSSR count). The predicted molar refractivity (Wildman–Crippen MR) is 103 cm³/mol. The molecule has 0 aliphatic carbocycles. The number of ether oxygens (including phenoxy) is 3. The highest BCUT2D eigenvalue weighted by Gasteiger charge is 2.12. The predicted octanol–water partition coefficient (Wildman–Crippen LogP) is 2.37. The van der Waals surface area contributed by atoms with Crippen molar-refractivity contribution in [1.82, 2.24) is 15.0 Å². The average Bonchev–Trinajstić information content (AvgIpc) is 2.68. The summed E-state index contributed by atoms with van der Waals surface area (Å²) in [6.45, 7) is 1.04. The lowest BCUT2D eigenvalue weighted by Gasteiger charge is -2.13. The third kappa shape index (κ3) is 4.90. The first-order chi connectivity index (χ1) is 13.2. The number of methoxy groups -OCH3 is 1. The van der Waals surface area contributed by atoms with Gasteiger partial charge in [0.15, 0.2) is 6.79 Å². The van der Waals surface area contributed by atoms with Gasteiger partial charge in [-0.15, -0.1) is 0 Å². The normalized spacial score (nSPS) is 10.7. The van der Waals surface area contributed by atoms with Crippen LogP contribution in [-0.4, -0.2) is 42.1 Å². The van der Waals surface area contributed by atoms with Crippen molar-refractivity contribution in [2.45, 2.75) is 0 Å². The Morgan fingerprint density at radius 2 is 1.85 bits per heavy atom. The summed E-state index contributed by atoms with van der Waals surface area (Å²) in [4.78, 5) is 12.6. The molecular formula is C19H21N5O3. The Morgan fingerprint density at radius 1 is 0.963 bits per heavy atom. The van der Waals surface area contributed by atoms with Crippen LogP contribution < -0.4 is 16.2 Å². The van der Waals surface area contributed by atoms with E-state index in [4.69, 9.17) is 25.7 Å². The monoisotopic (exact) mass is 367 g/mol. The summed E-state index contributed by atoms with van der Waals surface area (Å²) in [5.41, 5.74) is 14.6. The molecule has 0 fully saturated rings. The minimum atomic E-state index is 0.0957.